The number of hydrogen-bond donors (Lipinski definition) is 1. The molecule has 0 saturated carbocycles. The Kier molecular flexibility index (Phi) is 11.1. The largest absolute Gasteiger partial charge is 0.376 e. The standard InChI is InChI=1S/C20H32N2OS/c1-2-3-4-5-6-7-8-9-10-14-17-22(20(21)24)19(23)18-15-12-11-13-16-18/h11-13,15-16H,2-10,14,17H2,1H3,(H2,21,24). The molecular weight excluding hydrogens is 316 g/mol. The first-order valence-corrected chi connectivity index (χ1v) is 9.74. The SMILES string of the molecule is CCCCCCCCCCCCN(C(=O)c1ccccc1)C(N)=S. The van der Waals surface area contributed by atoms with Crippen molar-refractivity contribution in [2.45, 2.75) is 71.1 Å². The van der Waals surface area contributed by atoms with Crippen LogP contribution in [0, 0.1) is 0 Å². The predicted molar refractivity (Wildman–Crippen MR) is 106 cm³/mol. The van der Waals surface area contributed by atoms with Gasteiger partial charge in [0.25, 0.3) is 5.91 Å². The summed E-state index contributed by atoms with van der Waals surface area (Å²) in [5.41, 5.74) is 6.37. The van der Waals surface area contributed by atoms with Crippen molar-refractivity contribution in [2.75, 3.05) is 6.54 Å². The number of benzene rings is 1. The lowest BCUT2D eigenvalue weighted by molar-refractivity contribution is 0.0846. The topological polar surface area (TPSA) is 46.3 Å². The van der Waals surface area contributed by atoms with Gasteiger partial charge in [-0.25, -0.2) is 0 Å². The molecule has 0 aliphatic rings. The summed E-state index contributed by atoms with van der Waals surface area (Å²) in [7, 11) is 0. The summed E-state index contributed by atoms with van der Waals surface area (Å²) in [6.07, 6.45) is 12.7. The van der Waals surface area contributed by atoms with Crippen LogP contribution in [0.1, 0.15) is 81.5 Å². The average Bonchev–Trinajstić information content (AvgIpc) is 2.59. The Morgan fingerprint density at radius 1 is 0.917 bits per heavy atom. The van der Waals surface area contributed by atoms with E-state index in [2.05, 4.69) is 6.92 Å². The summed E-state index contributed by atoms with van der Waals surface area (Å²) in [6.45, 7) is 2.86. The van der Waals surface area contributed by atoms with Gasteiger partial charge in [0.05, 0.1) is 0 Å². The molecule has 0 unspecified atom stereocenters. The van der Waals surface area contributed by atoms with Crippen LogP contribution >= 0.6 is 12.2 Å². The number of amides is 1. The van der Waals surface area contributed by atoms with Crippen molar-refractivity contribution in [2.24, 2.45) is 5.73 Å². The van der Waals surface area contributed by atoms with Gasteiger partial charge in [-0.05, 0) is 30.8 Å². The van der Waals surface area contributed by atoms with Gasteiger partial charge in [0.2, 0.25) is 0 Å². The minimum Gasteiger partial charge on any atom is -0.376 e. The molecule has 0 spiro atoms. The number of thiocarbonyl (C=S) groups is 1. The third kappa shape index (κ3) is 8.44. The Balaban J connectivity index is 2.19. The molecule has 0 heterocycles. The highest BCUT2D eigenvalue weighted by atomic mass is 32.1. The van der Waals surface area contributed by atoms with Crippen molar-refractivity contribution >= 4 is 23.2 Å². The number of carbonyl (C=O) groups is 1. The van der Waals surface area contributed by atoms with Gasteiger partial charge in [0.1, 0.15) is 0 Å². The van der Waals surface area contributed by atoms with Crippen molar-refractivity contribution in [3.63, 3.8) is 0 Å². The summed E-state index contributed by atoms with van der Waals surface area (Å²) in [6, 6.07) is 9.19. The minimum absolute atomic E-state index is 0.0981. The van der Waals surface area contributed by atoms with Gasteiger partial charge >= 0.3 is 0 Å². The molecule has 0 bridgehead atoms. The van der Waals surface area contributed by atoms with E-state index in [0.717, 1.165) is 12.8 Å². The Labute approximate surface area is 152 Å². The van der Waals surface area contributed by atoms with Gasteiger partial charge in [0, 0.05) is 12.1 Å². The van der Waals surface area contributed by atoms with Gasteiger partial charge in [0.15, 0.2) is 5.11 Å². The molecule has 24 heavy (non-hydrogen) atoms. The number of nitrogens with two attached hydrogens (primary N) is 1. The number of unbranched alkanes of at least 4 members (excludes halogenated alkanes) is 9. The van der Waals surface area contributed by atoms with E-state index in [-0.39, 0.29) is 11.0 Å². The summed E-state index contributed by atoms with van der Waals surface area (Å²) in [5, 5.41) is 0.166. The molecule has 0 aromatic heterocycles. The number of hydrogen-bond acceptors (Lipinski definition) is 2. The monoisotopic (exact) mass is 348 g/mol. The molecule has 1 aromatic carbocycles. The van der Waals surface area contributed by atoms with Gasteiger partial charge in [-0.2, -0.15) is 0 Å². The summed E-state index contributed by atoms with van der Waals surface area (Å²) >= 11 is 5.05. The quantitative estimate of drug-likeness (QED) is 0.412. The lowest BCUT2D eigenvalue weighted by Gasteiger charge is -2.20. The van der Waals surface area contributed by atoms with E-state index < -0.39 is 0 Å². The molecular formula is C20H32N2OS. The predicted octanol–water partition coefficient (Wildman–Crippen LogP) is 5.29. The Morgan fingerprint density at radius 2 is 1.42 bits per heavy atom. The van der Waals surface area contributed by atoms with Gasteiger partial charge in [-0.1, -0.05) is 82.9 Å². The smallest absolute Gasteiger partial charge is 0.260 e. The van der Waals surface area contributed by atoms with E-state index in [1.807, 2.05) is 18.2 Å². The zero-order chi connectivity index (χ0) is 17.6. The molecule has 2 N–H and O–H groups in total. The zero-order valence-electron chi connectivity index (χ0n) is 15.0. The lowest BCUT2D eigenvalue weighted by atomic mass is 10.1. The van der Waals surface area contributed by atoms with E-state index in [1.54, 1.807) is 12.1 Å². The lowest BCUT2D eigenvalue weighted by Crippen LogP contribution is -2.41. The van der Waals surface area contributed by atoms with Crippen LogP contribution in [-0.2, 0) is 0 Å². The average molecular weight is 349 g/mol. The van der Waals surface area contributed by atoms with Crippen LogP contribution in [0.25, 0.3) is 0 Å². The van der Waals surface area contributed by atoms with Gasteiger partial charge in [-0.3, -0.25) is 9.69 Å². The van der Waals surface area contributed by atoms with E-state index in [4.69, 9.17) is 18.0 Å². The molecule has 0 aliphatic carbocycles. The normalized spacial score (nSPS) is 10.5. The molecule has 0 fully saturated rings. The van der Waals surface area contributed by atoms with Crippen molar-refractivity contribution in [3.8, 4) is 0 Å². The van der Waals surface area contributed by atoms with E-state index in [1.165, 1.54) is 56.3 Å². The molecule has 0 saturated heterocycles. The van der Waals surface area contributed by atoms with Crippen molar-refractivity contribution < 1.29 is 4.79 Å². The maximum atomic E-state index is 12.4. The maximum Gasteiger partial charge on any atom is 0.260 e. The second-order valence-corrected chi connectivity index (χ2v) is 6.76. The number of carbonyl (C=O) groups excluding carboxylic acids is 1. The summed E-state index contributed by atoms with van der Waals surface area (Å²) < 4.78 is 0. The van der Waals surface area contributed by atoms with Gasteiger partial charge < -0.3 is 5.73 Å². The first kappa shape index (κ1) is 20.6. The fourth-order valence-electron chi connectivity index (χ4n) is 2.81. The van der Waals surface area contributed by atoms with Crippen LogP contribution in [0.4, 0.5) is 0 Å². The highest BCUT2D eigenvalue weighted by Crippen LogP contribution is 2.12. The van der Waals surface area contributed by atoms with E-state index >= 15 is 0 Å². The van der Waals surface area contributed by atoms with Crippen LogP contribution in [-0.4, -0.2) is 22.5 Å². The second kappa shape index (κ2) is 12.9. The van der Waals surface area contributed by atoms with Crippen LogP contribution in [0.3, 0.4) is 0 Å². The molecule has 1 amide bonds. The molecule has 0 atom stereocenters. The Bertz CT molecular complexity index is 476. The number of nitrogens with zero attached hydrogens (tertiary/aromatic N) is 1. The van der Waals surface area contributed by atoms with Crippen LogP contribution in [0.15, 0.2) is 30.3 Å². The van der Waals surface area contributed by atoms with Crippen molar-refractivity contribution in [3.05, 3.63) is 35.9 Å². The van der Waals surface area contributed by atoms with E-state index in [0.29, 0.717) is 12.1 Å². The van der Waals surface area contributed by atoms with Crippen molar-refractivity contribution in [1.82, 2.24) is 4.90 Å². The number of rotatable bonds is 12. The summed E-state index contributed by atoms with van der Waals surface area (Å²) in [4.78, 5) is 14.0. The van der Waals surface area contributed by atoms with Crippen molar-refractivity contribution in [1.29, 1.82) is 0 Å². The van der Waals surface area contributed by atoms with E-state index in [9.17, 15) is 4.79 Å². The fourth-order valence-corrected chi connectivity index (χ4v) is 2.98. The maximum absolute atomic E-state index is 12.4. The molecule has 134 valence electrons. The second-order valence-electron chi connectivity index (χ2n) is 6.34. The van der Waals surface area contributed by atoms with Crippen LogP contribution < -0.4 is 5.73 Å². The highest BCUT2D eigenvalue weighted by molar-refractivity contribution is 7.80. The first-order chi connectivity index (χ1) is 11.7. The molecule has 0 radical (unpaired) electrons. The highest BCUT2D eigenvalue weighted by Gasteiger charge is 2.17. The van der Waals surface area contributed by atoms with Gasteiger partial charge in [-0.15, -0.1) is 0 Å². The molecule has 0 aliphatic heterocycles. The van der Waals surface area contributed by atoms with Crippen LogP contribution in [0.5, 0.6) is 0 Å². The zero-order valence-corrected chi connectivity index (χ0v) is 15.8. The Morgan fingerprint density at radius 3 is 1.92 bits per heavy atom. The minimum atomic E-state index is -0.0981. The molecule has 1 aromatic rings. The molecule has 3 nitrogen and oxygen atoms in total. The summed E-state index contributed by atoms with van der Waals surface area (Å²) in [5.74, 6) is -0.0981. The fraction of sp³-hybridized carbons (Fsp3) is 0.600. The molecule has 1 rings (SSSR count). The molecule has 4 heteroatoms. The first-order valence-electron chi connectivity index (χ1n) is 9.33. The third-order valence-corrected chi connectivity index (χ3v) is 4.49. The third-order valence-electron chi connectivity index (χ3n) is 4.27. The Hall–Kier alpha value is -1.42. The van der Waals surface area contributed by atoms with Crippen LogP contribution in [0.2, 0.25) is 0 Å².